The van der Waals surface area contributed by atoms with Crippen LogP contribution in [-0.2, 0) is 66.7 Å². The van der Waals surface area contributed by atoms with Crippen LogP contribution < -0.4 is 0 Å². The minimum Gasteiger partial charge on any atom is -0.465 e. The van der Waals surface area contributed by atoms with E-state index in [4.69, 9.17) is 4.74 Å². The van der Waals surface area contributed by atoms with Crippen LogP contribution >= 0.6 is 0 Å². The molecule has 0 aromatic heterocycles. The molecule has 36 heteroatoms. The second-order valence-corrected chi connectivity index (χ2v) is 18.7. The standard InChI is InChI=1S/C15H15F11O4.C14H19F7O4.C14H20F4O6/c1-4-9(2,3)7(27)29-5-6-30-8(28)10(16)11(17,18)13(21,22)15(25,26)14(23,24)12(10,19)20;1-4-11(2,3)9(22)24-5-6-25-10(23)13(17,18)7-12(15,16)8-14(19,20)21;1-5-12(2,3)9(19)23-6-7-24-11(21)14(17,18)8-13(15,16)10(20)22-4/h4-6H2,1-3H3;4-8H2,1-3H3;5-8H2,1-4H3. The Kier molecular flexibility index (Phi) is 25.5. The van der Waals surface area contributed by atoms with Crippen molar-refractivity contribution in [2.24, 2.45) is 16.2 Å². The summed E-state index contributed by atoms with van der Waals surface area (Å²) in [6.07, 6.45) is -12.1. The summed E-state index contributed by atoms with van der Waals surface area (Å²) in [5.41, 5.74) is -9.64. The van der Waals surface area contributed by atoms with Gasteiger partial charge in [0.05, 0.1) is 36.2 Å². The van der Waals surface area contributed by atoms with Gasteiger partial charge in [-0.1, -0.05) is 20.8 Å². The van der Waals surface area contributed by atoms with E-state index in [0.717, 1.165) is 0 Å². The van der Waals surface area contributed by atoms with Crippen molar-refractivity contribution < 1.29 is 163 Å². The van der Waals surface area contributed by atoms with Crippen molar-refractivity contribution in [2.75, 3.05) is 46.8 Å². The van der Waals surface area contributed by atoms with Gasteiger partial charge in [-0.15, -0.1) is 0 Å². The van der Waals surface area contributed by atoms with E-state index in [1.54, 1.807) is 41.5 Å². The summed E-state index contributed by atoms with van der Waals surface area (Å²) in [4.78, 5) is 79.0. The number of ether oxygens (including phenoxy) is 7. The first-order valence-corrected chi connectivity index (χ1v) is 22.2. The zero-order valence-corrected chi connectivity index (χ0v) is 43.0. The molecule has 0 bridgehead atoms. The zero-order valence-electron chi connectivity index (χ0n) is 43.0. The Morgan fingerprint density at radius 1 is 0.342 bits per heavy atom. The van der Waals surface area contributed by atoms with Crippen molar-refractivity contribution in [1.82, 2.24) is 0 Å². The smallest absolute Gasteiger partial charge is 0.394 e. The van der Waals surface area contributed by atoms with Crippen LogP contribution in [0.1, 0.15) is 101 Å². The largest absolute Gasteiger partial charge is 0.465 e. The monoisotopic (exact) mass is 1210 g/mol. The fourth-order valence-corrected chi connectivity index (χ4v) is 4.94. The molecule has 1 rings (SSSR count). The first kappa shape index (κ1) is 75.8. The van der Waals surface area contributed by atoms with Crippen LogP contribution in [-0.4, -0.2) is 154 Å². The molecule has 0 heterocycles. The van der Waals surface area contributed by atoms with Crippen molar-refractivity contribution >= 4 is 41.8 Å². The Hall–Kier alpha value is -5.25. The molecule has 1 fully saturated rings. The van der Waals surface area contributed by atoms with Gasteiger partial charge in [-0.3, -0.25) is 14.4 Å². The maximum absolute atomic E-state index is 14.3. The second kappa shape index (κ2) is 26.6. The van der Waals surface area contributed by atoms with E-state index in [1.165, 1.54) is 20.8 Å². The zero-order chi connectivity index (χ0) is 63.5. The molecule has 0 radical (unpaired) electrons. The quantitative estimate of drug-likeness (QED) is 0.0385. The van der Waals surface area contributed by atoms with Crippen LogP contribution in [0, 0.1) is 16.2 Å². The Labute approximate surface area is 434 Å². The number of hydrogen-bond donors (Lipinski definition) is 0. The van der Waals surface area contributed by atoms with Gasteiger partial charge in [-0.2, -0.15) is 83.4 Å². The molecule has 14 nitrogen and oxygen atoms in total. The lowest BCUT2D eigenvalue weighted by molar-refractivity contribution is -0.478. The highest BCUT2D eigenvalue weighted by Crippen LogP contribution is 2.69. The molecule has 464 valence electrons. The van der Waals surface area contributed by atoms with Gasteiger partial charge in [-0.25, -0.2) is 32.3 Å². The van der Waals surface area contributed by atoms with E-state index in [9.17, 15) is 130 Å². The molecular formula is C43H54F22O14. The molecule has 1 aliphatic carbocycles. The molecule has 79 heavy (non-hydrogen) atoms. The Balaban J connectivity index is 0. The summed E-state index contributed by atoms with van der Waals surface area (Å²) < 4.78 is 319. The fraction of sp³-hybridized carbons (Fsp3) is 0.837. The van der Waals surface area contributed by atoms with Crippen molar-refractivity contribution in [3.63, 3.8) is 0 Å². The van der Waals surface area contributed by atoms with Crippen LogP contribution in [0.4, 0.5) is 96.6 Å². The molecule has 0 atom stereocenters. The predicted molar refractivity (Wildman–Crippen MR) is 218 cm³/mol. The lowest BCUT2D eigenvalue weighted by Gasteiger charge is -2.50. The van der Waals surface area contributed by atoms with Crippen molar-refractivity contribution in [2.45, 2.75) is 166 Å². The van der Waals surface area contributed by atoms with Crippen LogP contribution in [0.15, 0.2) is 0 Å². The average molecular weight is 1210 g/mol. The second-order valence-electron chi connectivity index (χ2n) is 18.7. The maximum atomic E-state index is 14.3. The van der Waals surface area contributed by atoms with E-state index in [1.807, 2.05) is 0 Å². The van der Waals surface area contributed by atoms with Crippen molar-refractivity contribution in [3.8, 4) is 0 Å². The van der Waals surface area contributed by atoms with Gasteiger partial charge in [0.25, 0.3) is 5.92 Å². The third kappa shape index (κ3) is 18.4. The minimum atomic E-state index is -7.43. The number of alkyl halides is 22. The molecule has 0 saturated heterocycles. The summed E-state index contributed by atoms with van der Waals surface area (Å²) in [6, 6.07) is 0. The van der Waals surface area contributed by atoms with Gasteiger partial charge in [0, 0.05) is 0 Å². The molecule has 0 amide bonds. The number of esters is 7. The highest BCUT2D eigenvalue weighted by atomic mass is 19.4. The topological polar surface area (TPSA) is 184 Å². The fourth-order valence-electron chi connectivity index (χ4n) is 4.94. The predicted octanol–water partition coefficient (Wildman–Crippen LogP) is 10.9. The van der Waals surface area contributed by atoms with Gasteiger partial charge < -0.3 is 33.2 Å². The average Bonchev–Trinajstić information content (AvgIpc) is 3.29. The summed E-state index contributed by atoms with van der Waals surface area (Å²) in [5.74, 6) is -68.5. The molecule has 0 unspecified atom stereocenters. The number of methoxy groups -OCH3 is 1. The number of carbonyl (C=O) groups is 7. The molecule has 1 saturated carbocycles. The van der Waals surface area contributed by atoms with Crippen LogP contribution in [0.3, 0.4) is 0 Å². The maximum Gasteiger partial charge on any atom is 0.394 e. The number of carbonyl (C=O) groups excluding carboxylic acids is 7. The van der Waals surface area contributed by atoms with Crippen LogP contribution in [0.5, 0.6) is 0 Å². The van der Waals surface area contributed by atoms with E-state index in [0.29, 0.717) is 20.0 Å². The van der Waals surface area contributed by atoms with Gasteiger partial charge in [0.1, 0.15) is 46.1 Å². The van der Waals surface area contributed by atoms with Gasteiger partial charge in [0.2, 0.25) is 0 Å². The van der Waals surface area contributed by atoms with E-state index >= 15 is 0 Å². The molecule has 0 N–H and O–H groups in total. The summed E-state index contributed by atoms with van der Waals surface area (Å²) in [5, 5.41) is 0. The summed E-state index contributed by atoms with van der Waals surface area (Å²) >= 11 is 0. The van der Waals surface area contributed by atoms with Gasteiger partial charge in [-0.05, 0) is 60.8 Å². The molecular weight excluding hydrogens is 1160 g/mol. The Morgan fingerprint density at radius 2 is 0.582 bits per heavy atom. The van der Waals surface area contributed by atoms with Crippen LogP contribution in [0.25, 0.3) is 0 Å². The number of halogens is 22. The van der Waals surface area contributed by atoms with E-state index in [-0.39, 0.29) is 6.42 Å². The molecule has 0 aromatic rings. The van der Waals surface area contributed by atoms with Crippen LogP contribution in [0.2, 0.25) is 0 Å². The highest BCUT2D eigenvalue weighted by Gasteiger charge is 3.03. The number of hydrogen-bond acceptors (Lipinski definition) is 14. The highest BCUT2D eigenvalue weighted by molar-refractivity contribution is 5.84. The first-order chi connectivity index (χ1) is 34.9. The SMILES string of the molecule is CCC(C)(C)C(=O)OCCOC(=O)C(F)(F)CC(F)(F)C(=O)OC.CCC(C)(C)C(=O)OCCOC(=O)C(F)(F)CC(F)(F)CC(F)(F)F.CCC(C)(C)C(=O)OCCOC(=O)C1(F)C(F)(F)C(F)(F)C(F)(F)C(F)(F)C1(F)F. The number of rotatable bonds is 24. The normalized spacial score (nSPS) is 17.7. The molecule has 0 aliphatic heterocycles. The lowest BCUT2D eigenvalue weighted by atomic mass is 9.72. The van der Waals surface area contributed by atoms with Crippen molar-refractivity contribution in [1.29, 1.82) is 0 Å². The molecule has 0 spiro atoms. The molecule has 0 aromatic carbocycles. The summed E-state index contributed by atoms with van der Waals surface area (Å²) in [6.45, 7) is 8.75. The Bertz CT molecular complexity index is 2080. The lowest BCUT2D eigenvalue weighted by Crippen LogP contribution is -2.85. The minimum absolute atomic E-state index is 0.204. The third-order valence-electron chi connectivity index (χ3n) is 11.1. The first-order valence-electron chi connectivity index (χ1n) is 22.2. The van der Waals surface area contributed by atoms with E-state index < -0.39 is 182 Å². The Morgan fingerprint density at radius 3 is 0.848 bits per heavy atom. The van der Waals surface area contributed by atoms with Crippen molar-refractivity contribution in [3.05, 3.63) is 0 Å². The van der Waals surface area contributed by atoms with Gasteiger partial charge in [0.15, 0.2) is 0 Å². The summed E-state index contributed by atoms with van der Waals surface area (Å²) in [7, 11) is 0.596. The van der Waals surface area contributed by atoms with Gasteiger partial charge >= 0.3 is 101 Å². The molecule has 1 aliphatic rings. The van der Waals surface area contributed by atoms with E-state index in [2.05, 4.69) is 28.4 Å². The third-order valence-corrected chi connectivity index (χ3v) is 11.1.